The van der Waals surface area contributed by atoms with Crippen LogP contribution in [0, 0.1) is 0 Å². The molecular formula is C22H21BrN2O2. The van der Waals surface area contributed by atoms with E-state index in [9.17, 15) is 4.79 Å². The summed E-state index contributed by atoms with van der Waals surface area (Å²) in [6, 6.07) is 17.8. The van der Waals surface area contributed by atoms with Crippen molar-refractivity contribution in [2.45, 2.75) is 12.8 Å². The molecule has 0 unspecified atom stereocenters. The highest BCUT2D eigenvalue weighted by molar-refractivity contribution is 9.10. The molecule has 1 heterocycles. The number of hydrogen-bond donors (Lipinski definition) is 1. The molecule has 3 aromatic carbocycles. The van der Waals surface area contributed by atoms with E-state index in [2.05, 4.69) is 32.2 Å². The molecule has 0 spiro atoms. The Morgan fingerprint density at radius 2 is 1.78 bits per heavy atom. The lowest BCUT2D eigenvalue weighted by atomic mass is 10.0. The zero-order chi connectivity index (χ0) is 18.8. The van der Waals surface area contributed by atoms with E-state index in [0.29, 0.717) is 11.3 Å². The summed E-state index contributed by atoms with van der Waals surface area (Å²) in [5, 5.41) is 5.09. The standard InChI is InChI=1S/C22H21BrN2O2/c1-27-21-17(14-15-8-2-3-9-16(15)20(21)23)22(26)24-18-10-4-5-11-19(18)25-12-6-7-13-25/h2-5,8-11,14H,6-7,12-13H2,1H3,(H,24,26). The van der Waals surface area contributed by atoms with Crippen molar-refractivity contribution in [1.29, 1.82) is 0 Å². The summed E-state index contributed by atoms with van der Waals surface area (Å²) < 4.78 is 6.35. The number of anilines is 2. The van der Waals surface area contributed by atoms with Crippen LogP contribution in [0.2, 0.25) is 0 Å². The average molecular weight is 425 g/mol. The maximum Gasteiger partial charge on any atom is 0.259 e. The number of nitrogens with one attached hydrogen (secondary N) is 1. The number of fused-ring (bicyclic) bond motifs is 1. The third-order valence-electron chi connectivity index (χ3n) is 4.99. The minimum Gasteiger partial charge on any atom is -0.495 e. The Hall–Kier alpha value is -2.53. The largest absolute Gasteiger partial charge is 0.495 e. The monoisotopic (exact) mass is 424 g/mol. The van der Waals surface area contributed by atoms with E-state index in [0.717, 1.165) is 39.7 Å². The van der Waals surface area contributed by atoms with Gasteiger partial charge in [0.25, 0.3) is 5.91 Å². The Balaban J connectivity index is 1.72. The van der Waals surface area contributed by atoms with Gasteiger partial charge in [-0.2, -0.15) is 0 Å². The van der Waals surface area contributed by atoms with Gasteiger partial charge in [0.15, 0.2) is 0 Å². The van der Waals surface area contributed by atoms with Crippen molar-refractivity contribution in [3.63, 3.8) is 0 Å². The van der Waals surface area contributed by atoms with Crippen LogP contribution in [0.3, 0.4) is 0 Å². The molecule has 0 saturated carbocycles. The lowest BCUT2D eigenvalue weighted by Gasteiger charge is -2.22. The van der Waals surface area contributed by atoms with Crippen LogP contribution in [0.1, 0.15) is 23.2 Å². The third kappa shape index (κ3) is 3.39. The molecule has 4 rings (SSSR count). The number of carbonyl (C=O) groups excluding carboxylic acids is 1. The number of rotatable bonds is 4. The highest BCUT2D eigenvalue weighted by Crippen LogP contribution is 2.37. The lowest BCUT2D eigenvalue weighted by Crippen LogP contribution is -2.21. The molecule has 1 aliphatic heterocycles. The molecular weight excluding hydrogens is 404 g/mol. The molecule has 0 aromatic heterocycles. The molecule has 5 heteroatoms. The van der Waals surface area contributed by atoms with Crippen LogP contribution in [0.5, 0.6) is 5.75 Å². The third-order valence-corrected chi connectivity index (χ3v) is 5.78. The van der Waals surface area contributed by atoms with Crippen LogP contribution in [0.4, 0.5) is 11.4 Å². The van der Waals surface area contributed by atoms with Gasteiger partial charge in [-0.1, -0.05) is 36.4 Å². The Bertz CT molecular complexity index is 997. The molecule has 0 aliphatic carbocycles. The minimum atomic E-state index is -0.176. The van der Waals surface area contributed by atoms with Crippen LogP contribution >= 0.6 is 15.9 Å². The second-order valence-electron chi connectivity index (χ2n) is 6.66. The van der Waals surface area contributed by atoms with Gasteiger partial charge in [-0.25, -0.2) is 0 Å². The van der Waals surface area contributed by atoms with E-state index < -0.39 is 0 Å². The summed E-state index contributed by atoms with van der Waals surface area (Å²) in [4.78, 5) is 15.4. The number of carbonyl (C=O) groups is 1. The minimum absolute atomic E-state index is 0.176. The topological polar surface area (TPSA) is 41.6 Å². The number of ether oxygens (including phenoxy) is 1. The van der Waals surface area contributed by atoms with Gasteiger partial charge in [0.2, 0.25) is 0 Å². The van der Waals surface area contributed by atoms with E-state index in [1.165, 1.54) is 12.8 Å². The van der Waals surface area contributed by atoms with Gasteiger partial charge in [0.05, 0.1) is 28.5 Å². The highest BCUT2D eigenvalue weighted by Gasteiger charge is 2.21. The predicted molar refractivity (Wildman–Crippen MR) is 114 cm³/mol. The fourth-order valence-electron chi connectivity index (χ4n) is 3.66. The average Bonchev–Trinajstić information content (AvgIpc) is 3.23. The molecule has 1 N–H and O–H groups in total. The molecule has 0 bridgehead atoms. The first-order valence-corrected chi connectivity index (χ1v) is 9.89. The molecule has 4 nitrogen and oxygen atoms in total. The zero-order valence-electron chi connectivity index (χ0n) is 15.2. The van der Waals surface area contributed by atoms with Crippen molar-refractivity contribution >= 4 is 44.0 Å². The number of para-hydroxylation sites is 2. The maximum atomic E-state index is 13.1. The summed E-state index contributed by atoms with van der Waals surface area (Å²) in [6.07, 6.45) is 2.38. The lowest BCUT2D eigenvalue weighted by molar-refractivity contribution is 0.102. The normalized spacial score (nSPS) is 13.8. The van der Waals surface area contributed by atoms with Gasteiger partial charge < -0.3 is 15.0 Å². The molecule has 1 saturated heterocycles. The fraction of sp³-hybridized carbons (Fsp3) is 0.227. The predicted octanol–water partition coefficient (Wildman–Crippen LogP) is 5.46. The summed E-state index contributed by atoms with van der Waals surface area (Å²) in [7, 11) is 1.59. The second kappa shape index (κ2) is 7.61. The zero-order valence-corrected chi connectivity index (χ0v) is 16.8. The van der Waals surface area contributed by atoms with E-state index in [-0.39, 0.29) is 5.91 Å². The van der Waals surface area contributed by atoms with Gasteiger partial charge in [-0.05, 0) is 57.7 Å². The fourth-order valence-corrected chi connectivity index (χ4v) is 4.39. The Morgan fingerprint density at radius 3 is 2.56 bits per heavy atom. The molecule has 0 radical (unpaired) electrons. The Kier molecular flexibility index (Phi) is 5.03. The Morgan fingerprint density at radius 1 is 1.07 bits per heavy atom. The van der Waals surface area contributed by atoms with E-state index in [1.807, 2.05) is 48.5 Å². The van der Waals surface area contributed by atoms with Crippen LogP contribution in [0.25, 0.3) is 10.8 Å². The summed E-state index contributed by atoms with van der Waals surface area (Å²) in [5.74, 6) is 0.370. The van der Waals surface area contributed by atoms with Gasteiger partial charge in [0.1, 0.15) is 5.75 Å². The molecule has 1 aliphatic rings. The molecule has 1 fully saturated rings. The van der Waals surface area contributed by atoms with Crippen molar-refractivity contribution in [3.8, 4) is 5.75 Å². The maximum absolute atomic E-state index is 13.1. The van der Waals surface area contributed by atoms with Gasteiger partial charge in [-0.15, -0.1) is 0 Å². The van der Waals surface area contributed by atoms with Crippen LogP contribution in [-0.4, -0.2) is 26.1 Å². The molecule has 0 atom stereocenters. The first-order valence-electron chi connectivity index (χ1n) is 9.09. The number of benzene rings is 3. The summed E-state index contributed by atoms with van der Waals surface area (Å²) in [5.41, 5.74) is 2.41. The Labute approximate surface area is 167 Å². The highest BCUT2D eigenvalue weighted by atomic mass is 79.9. The van der Waals surface area contributed by atoms with Crippen molar-refractivity contribution in [1.82, 2.24) is 0 Å². The number of nitrogens with zero attached hydrogens (tertiary/aromatic N) is 1. The molecule has 1 amide bonds. The summed E-state index contributed by atoms with van der Waals surface area (Å²) >= 11 is 3.60. The SMILES string of the molecule is COc1c(C(=O)Nc2ccccc2N2CCCC2)cc2ccccc2c1Br. The number of methoxy groups -OCH3 is 1. The van der Waals surface area contributed by atoms with E-state index in [1.54, 1.807) is 7.11 Å². The second-order valence-corrected chi connectivity index (χ2v) is 7.45. The van der Waals surface area contributed by atoms with Crippen LogP contribution in [0.15, 0.2) is 59.1 Å². The van der Waals surface area contributed by atoms with Crippen LogP contribution < -0.4 is 15.0 Å². The van der Waals surface area contributed by atoms with Gasteiger partial charge in [0, 0.05) is 13.1 Å². The molecule has 3 aromatic rings. The van der Waals surface area contributed by atoms with E-state index in [4.69, 9.17) is 4.74 Å². The van der Waals surface area contributed by atoms with Gasteiger partial charge >= 0.3 is 0 Å². The quantitative estimate of drug-likeness (QED) is 0.603. The van der Waals surface area contributed by atoms with Crippen molar-refractivity contribution in [3.05, 3.63) is 64.6 Å². The number of halogens is 1. The van der Waals surface area contributed by atoms with Crippen molar-refractivity contribution in [2.75, 3.05) is 30.4 Å². The molecule has 138 valence electrons. The van der Waals surface area contributed by atoms with Crippen LogP contribution in [-0.2, 0) is 0 Å². The smallest absolute Gasteiger partial charge is 0.259 e. The number of amides is 1. The van der Waals surface area contributed by atoms with E-state index >= 15 is 0 Å². The first kappa shape index (κ1) is 17.9. The number of hydrogen-bond acceptors (Lipinski definition) is 3. The molecule has 27 heavy (non-hydrogen) atoms. The van der Waals surface area contributed by atoms with Crippen molar-refractivity contribution < 1.29 is 9.53 Å². The van der Waals surface area contributed by atoms with Crippen molar-refractivity contribution in [2.24, 2.45) is 0 Å². The first-order chi connectivity index (χ1) is 13.2. The summed E-state index contributed by atoms with van der Waals surface area (Å²) in [6.45, 7) is 2.05. The van der Waals surface area contributed by atoms with Gasteiger partial charge in [-0.3, -0.25) is 4.79 Å².